The molecule has 0 bridgehead atoms. The molecule has 1 rings (SSSR count). The molecule has 1 saturated heterocycles. The number of nitrogens with one attached hydrogen (secondary N) is 1. The lowest BCUT2D eigenvalue weighted by Crippen LogP contribution is -2.39. The molecule has 108 valence electrons. The van der Waals surface area contributed by atoms with Crippen LogP contribution in [-0.4, -0.2) is 42.3 Å². The number of alkyl halides is 3. The lowest BCUT2D eigenvalue weighted by molar-refractivity contribution is -0.169. The highest BCUT2D eigenvalue weighted by atomic mass is 19.4. The van der Waals surface area contributed by atoms with Crippen LogP contribution in [0.25, 0.3) is 0 Å². The van der Waals surface area contributed by atoms with Gasteiger partial charge in [-0.05, 0) is 40.5 Å². The summed E-state index contributed by atoms with van der Waals surface area (Å²) in [7, 11) is 0. The lowest BCUT2D eigenvalue weighted by atomic mass is 10.0. The highest BCUT2D eigenvalue weighted by molar-refractivity contribution is 4.86. The normalized spacial score (nSPS) is 25.7. The van der Waals surface area contributed by atoms with Crippen molar-refractivity contribution in [3.05, 3.63) is 0 Å². The van der Waals surface area contributed by atoms with Crippen LogP contribution in [0, 0.1) is 5.92 Å². The molecule has 1 fully saturated rings. The van der Waals surface area contributed by atoms with Crippen molar-refractivity contribution in [2.75, 3.05) is 13.1 Å². The van der Waals surface area contributed by atoms with Gasteiger partial charge in [0.1, 0.15) is 0 Å². The average molecular weight is 266 g/mol. The van der Waals surface area contributed by atoms with Crippen molar-refractivity contribution >= 4 is 0 Å². The molecule has 18 heavy (non-hydrogen) atoms. The molecule has 1 aliphatic rings. The van der Waals surface area contributed by atoms with Crippen molar-refractivity contribution in [2.45, 2.75) is 64.8 Å². The van der Waals surface area contributed by atoms with Crippen molar-refractivity contribution < 1.29 is 13.2 Å². The minimum absolute atomic E-state index is 0.0108. The van der Waals surface area contributed by atoms with Crippen LogP contribution in [0.1, 0.15) is 40.5 Å². The molecule has 5 heteroatoms. The molecular formula is C13H25F3N2. The van der Waals surface area contributed by atoms with E-state index in [1.807, 2.05) is 0 Å². The Morgan fingerprint density at radius 3 is 2.11 bits per heavy atom. The summed E-state index contributed by atoms with van der Waals surface area (Å²) >= 11 is 0. The van der Waals surface area contributed by atoms with E-state index in [-0.39, 0.29) is 19.0 Å². The van der Waals surface area contributed by atoms with E-state index >= 15 is 0 Å². The largest absolute Gasteiger partial charge is 0.393 e. The molecule has 0 aromatic carbocycles. The Balaban J connectivity index is 2.37. The summed E-state index contributed by atoms with van der Waals surface area (Å²) in [5, 5.41) is 3.00. The maximum atomic E-state index is 12.5. The Hall–Kier alpha value is -0.290. The smallest absolute Gasteiger partial charge is 0.313 e. The first kappa shape index (κ1) is 15.8. The summed E-state index contributed by atoms with van der Waals surface area (Å²) in [6.45, 7) is 9.44. The van der Waals surface area contributed by atoms with Gasteiger partial charge in [-0.15, -0.1) is 0 Å². The highest BCUT2D eigenvalue weighted by Crippen LogP contribution is 2.33. The second kappa shape index (κ2) is 6.24. The van der Waals surface area contributed by atoms with Gasteiger partial charge >= 0.3 is 6.18 Å². The van der Waals surface area contributed by atoms with Gasteiger partial charge in [0.05, 0.1) is 5.92 Å². The van der Waals surface area contributed by atoms with Crippen molar-refractivity contribution in [1.82, 2.24) is 10.2 Å². The minimum Gasteiger partial charge on any atom is -0.313 e. The molecule has 1 aliphatic heterocycles. The third-order valence-corrected chi connectivity index (χ3v) is 3.75. The minimum atomic E-state index is -4.04. The van der Waals surface area contributed by atoms with Crippen LogP contribution in [0.5, 0.6) is 0 Å². The van der Waals surface area contributed by atoms with E-state index in [1.165, 1.54) is 0 Å². The molecule has 0 aromatic rings. The SMILES string of the molecule is CC(C)N(CCC1CC(C(F)(F)F)CN1)C(C)C. The van der Waals surface area contributed by atoms with Crippen molar-refractivity contribution in [3.8, 4) is 0 Å². The van der Waals surface area contributed by atoms with E-state index in [0.717, 1.165) is 13.0 Å². The molecule has 1 heterocycles. The summed E-state index contributed by atoms with van der Waals surface area (Å²) in [4.78, 5) is 2.32. The molecule has 0 spiro atoms. The zero-order valence-corrected chi connectivity index (χ0v) is 11.7. The van der Waals surface area contributed by atoms with E-state index in [2.05, 4.69) is 37.9 Å². The monoisotopic (exact) mass is 266 g/mol. The van der Waals surface area contributed by atoms with Gasteiger partial charge < -0.3 is 5.32 Å². The predicted octanol–water partition coefficient (Wildman–Crippen LogP) is 3.04. The van der Waals surface area contributed by atoms with Crippen LogP contribution in [0.4, 0.5) is 13.2 Å². The highest BCUT2D eigenvalue weighted by Gasteiger charge is 2.43. The first-order valence-corrected chi connectivity index (χ1v) is 6.77. The van der Waals surface area contributed by atoms with E-state index in [1.54, 1.807) is 0 Å². The molecule has 0 radical (unpaired) electrons. The van der Waals surface area contributed by atoms with E-state index < -0.39 is 12.1 Å². The van der Waals surface area contributed by atoms with Gasteiger partial charge in [-0.1, -0.05) is 0 Å². The first-order chi connectivity index (χ1) is 8.21. The average Bonchev–Trinajstić information content (AvgIpc) is 2.64. The Morgan fingerprint density at radius 2 is 1.72 bits per heavy atom. The van der Waals surface area contributed by atoms with E-state index in [9.17, 15) is 13.2 Å². The Kier molecular flexibility index (Phi) is 5.46. The second-order valence-corrected chi connectivity index (χ2v) is 5.79. The maximum Gasteiger partial charge on any atom is 0.393 e. The van der Waals surface area contributed by atoms with Crippen molar-refractivity contribution in [1.29, 1.82) is 0 Å². The van der Waals surface area contributed by atoms with Gasteiger partial charge in [-0.2, -0.15) is 13.2 Å². The topological polar surface area (TPSA) is 15.3 Å². The van der Waals surface area contributed by atoms with E-state index in [0.29, 0.717) is 12.1 Å². The summed E-state index contributed by atoms with van der Waals surface area (Å²) < 4.78 is 37.6. The molecule has 0 aromatic heterocycles. The van der Waals surface area contributed by atoms with Crippen LogP contribution in [0.2, 0.25) is 0 Å². The molecule has 2 unspecified atom stereocenters. The van der Waals surface area contributed by atoms with Gasteiger partial charge in [-0.25, -0.2) is 0 Å². The summed E-state index contributed by atoms with van der Waals surface area (Å²) in [6, 6.07) is 0.881. The standard InChI is InChI=1S/C13H25F3N2/c1-9(2)18(10(3)4)6-5-12-7-11(8-17-12)13(14,15)16/h9-12,17H,5-8H2,1-4H3. The molecule has 1 N–H and O–H groups in total. The number of hydrogen-bond acceptors (Lipinski definition) is 2. The van der Waals surface area contributed by atoms with Crippen LogP contribution >= 0.6 is 0 Å². The van der Waals surface area contributed by atoms with Gasteiger partial charge in [0, 0.05) is 31.2 Å². The van der Waals surface area contributed by atoms with Gasteiger partial charge in [-0.3, -0.25) is 4.90 Å². The first-order valence-electron chi connectivity index (χ1n) is 6.77. The zero-order chi connectivity index (χ0) is 13.9. The van der Waals surface area contributed by atoms with Crippen LogP contribution in [-0.2, 0) is 0 Å². The summed E-state index contributed by atoms with van der Waals surface area (Å²) in [6.07, 6.45) is -3.02. The van der Waals surface area contributed by atoms with Crippen LogP contribution < -0.4 is 5.32 Å². The molecular weight excluding hydrogens is 241 g/mol. The Morgan fingerprint density at radius 1 is 1.17 bits per heavy atom. The molecule has 0 amide bonds. The molecule has 0 aliphatic carbocycles. The predicted molar refractivity (Wildman–Crippen MR) is 67.5 cm³/mol. The third-order valence-electron chi connectivity index (χ3n) is 3.75. The number of rotatable bonds is 5. The van der Waals surface area contributed by atoms with Crippen molar-refractivity contribution in [2.24, 2.45) is 5.92 Å². The second-order valence-electron chi connectivity index (χ2n) is 5.79. The Labute approximate surface area is 108 Å². The summed E-state index contributed by atoms with van der Waals surface area (Å²) in [5.74, 6) is -1.16. The van der Waals surface area contributed by atoms with Gasteiger partial charge in [0.25, 0.3) is 0 Å². The third kappa shape index (κ3) is 4.43. The fourth-order valence-electron chi connectivity index (χ4n) is 2.71. The molecule has 0 saturated carbocycles. The molecule has 2 atom stereocenters. The Bertz CT molecular complexity index is 243. The fourth-order valence-corrected chi connectivity index (χ4v) is 2.71. The number of nitrogens with zero attached hydrogens (tertiary/aromatic N) is 1. The van der Waals surface area contributed by atoms with E-state index in [4.69, 9.17) is 0 Å². The maximum absolute atomic E-state index is 12.5. The number of halogens is 3. The van der Waals surface area contributed by atoms with Crippen molar-refractivity contribution in [3.63, 3.8) is 0 Å². The fraction of sp³-hybridized carbons (Fsp3) is 1.00. The van der Waals surface area contributed by atoms with Crippen LogP contribution in [0.3, 0.4) is 0 Å². The quantitative estimate of drug-likeness (QED) is 0.823. The van der Waals surface area contributed by atoms with Gasteiger partial charge in [0.2, 0.25) is 0 Å². The van der Waals surface area contributed by atoms with Gasteiger partial charge in [0.15, 0.2) is 0 Å². The lowest BCUT2D eigenvalue weighted by Gasteiger charge is -2.31. The molecule has 2 nitrogen and oxygen atoms in total. The zero-order valence-electron chi connectivity index (χ0n) is 11.7. The van der Waals surface area contributed by atoms with Crippen LogP contribution in [0.15, 0.2) is 0 Å². The number of hydrogen-bond donors (Lipinski definition) is 1. The summed E-state index contributed by atoms with van der Waals surface area (Å²) in [5.41, 5.74) is 0.